The summed E-state index contributed by atoms with van der Waals surface area (Å²) in [5.74, 6) is 3.16. The van der Waals surface area contributed by atoms with Crippen LogP contribution in [-0.2, 0) is 11.3 Å². The second-order valence-corrected chi connectivity index (χ2v) is 13.0. The van der Waals surface area contributed by atoms with Crippen molar-refractivity contribution in [1.82, 2.24) is 20.2 Å². The summed E-state index contributed by atoms with van der Waals surface area (Å²) in [6, 6.07) is 12.5. The molecule has 1 aromatic carbocycles. The first kappa shape index (κ1) is 30.0. The Hall–Kier alpha value is -2.43. The summed E-state index contributed by atoms with van der Waals surface area (Å²) in [6.07, 6.45) is 0.392. The van der Waals surface area contributed by atoms with E-state index in [4.69, 9.17) is 14.7 Å². The number of nitrogens with zero attached hydrogens (tertiary/aromatic N) is 3. The lowest BCUT2D eigenvalue weighted by atomic mass is 10.1. The van der Waals surface area contributed by atoms with E-state index >= 15 is 0 Å². The molecule has 3 aromatic heterocycles. The Labute approximate surface area is 261 Å². The number of ether oxygens (including phenoxy) is 1. The van der Waals surface area contributed by atoms with Crippen LogP contribution in [0, 0.1) is 11.2 Å². The molecule has 4 aromatic rings. The number of aromatic nitrogens is 2. The van der Waals surface area contributed by atoms with E-state index in [0.29, 0.717) is 6.54 Å². The molecular formula is C31H34IN5O2S2. The second kappa shape index (κ2) is 13.3. The van der Waals surface area contributed by atoms with Gasteiger partial charge in [0.2, 0.25) is 0 Å². The number of carbonyl (C=O) groups is 1. The van der Waals surface area contributed by atoms with Gasteiger partial charge in [-0.25, -0.2) is 9.97 Å². The number of hydrogen-bond donors (Lipinski definition) is 2. The molecule has 1 amide bonds. The molecule has 1 saturated heterocycles. The van der Waals surface area contributed by atoms with Crippen molar-refractivity contribution in [3.63, 3.8) is 0 Å². The van der Waals surface area contributed by atoms with E-state index < -0.39 is 0 Å². The van der Waals surface area contributed by atoms with Gasteiger partial charge in [-0.3, -0.25) is 9.69 Å². The minimum absolute atomic E-state index is 0.0203. The molecule has 214 valence electrons. The fraction of sp³-hybridized carbons (Fsp3) is 0.387. The van der Waals surface area contributed by atoms with Crippen LogP contribution >= 0.6 is 41.5 Å². The van der Waals surface area contributed by atoms with Gasteiger partial charge in [0.05, 0.1) is 34.8 Å². The van der Waals surface area contributed by atoms with Crippen LogP contribution in [0.3, 0.4) is 0 Å². The molecule has 0 aliphatic carbocycles. The van der Waals surface area contributed by atoms with Gasteiger partial charge in [0.25, 0.3) is 5.91 Å². The number of benzene rings is 1. The summed E-state index contributed by atoms with van der Waals surface area (Å²) in [5, 5.41) is 11.7. The number of morpholine rings is 1. The van der Waals surface area contributed by atoms with E-state index in [9.17, 15) is 4.79 Å². The minimum Gasteiger partial charge on any atom is -0.381 e. The van der Waals surface area contributed by atoms with Gasteiger partial charge in [0, 0.05) is 74.5 Å². The fourth-order valence-corrected chi connectivity index (χ4v) is 7.05. The number of hydrogen-bond acceptors (Lipinski definition) is 8. The van der Waals surface area contributed by atoms with Gasteiger partial charge >= 0.3 is 0 Å². The smallest absolute Gasteiger partial charge is 0.263 e. The van der Waals surface area contributed by atoms with Crippen LogP contribution in [0.15, 0.2) is 36.4 Å². The van der Waals surface area contributed by atoms with Crippen molar-refractivity contribution < 1.29 is 9.53 Å². The highest BCUT2D eigenvalue weighted by atomic mass is 127. The molecule has 2 unspecified atom stereocenters. The van der Waals surface area contributed by atoms with E-state index in [1.807, 2.05) is 32.9 Å². The third-order valence-electron chi connectivity index (χ3n) is 6.96. The van der Waals surface area contributed by atoms with Crippen molar-refractivity contribution in [3.8, 4) is 22.4 Å². The van der Waals surface area contributed by atoms with E-state index in [2.05, 4.69) is 86.0 Å². The van der Waals surface area contributed by atoms with E-state index in [1.165, 1.54) is 20.3 Å². The molecule has 2 aliphatic rings. The summed E-state index contributed by atoms with van der Waals surface area (Å²) in [4.78, 5) is 25.9. The van der Waals surface area contributed by atoms with Crippen LogP contribution in [0.2, 0.25) is 0 Å². The summed E-state index contributed by atoms with van der Waals surface area (Å²) < 4.78 is 7.00. The van der Waals surface area contributed by atoms with Gasteiger partial charge in [-0.1, -0.05) is 13.8 Å². The Kier molecular flexibility index (Phi) is 9.71. The molecule has 41 heavy (non-hydrogen) atoms. The van der Waals surface area contributed by atoms with Crippen LogP contribution in [-0.4, -0.2) is 58.7 Å². The number of carbonyl (C=O) groups excluding carboxylic acids is 1. The molecule has 0 spiro atoms. The molecule has 7 nitrogen and oxygen atoms in total. The number of pyridine rings is 2. The Bertz CT molecular complexity index is 1640. The van der Waals surface area contributed by atoms with Crippen molar-refractivity contribution in [2.45, 2.75) is 59.4 Å². The summed E-state index contributed by atoms with van der Waals surface area (Å²) in [7, 11) is 1.45. The van der Waals surface area contributed by atoms with Crippen LogP contribution < -0.4 is 10.6 Å². The maximum absolute atomic E-state index is 12.8. The van der Waals surface area contributed by atoms with Crippen LogP contribution in [0.4, 0.5) is 5.69 Å². The van der Waals surface area contributed by atoms with Crippen molar-refractivity contribution in [3.05, 3.63) is 52.7 Å². The molecule has 2 aliphatic heterocycles. The predicted molar refractivity (Wildman–Crippen MR) is 181 cm³/mol. The summed E-state index contributed by atoms with van der Waals surface area (Å²) >= 11 is 3.70. The molecule has 0 bridgehead atoms. The van der Waals surface area contributed by atoms with E-state index in [0.717, 1.165) is 73.8 Å². The van der Waals surface area contributed by atoms with Gasteiger partial charge in [-0.05, 0) is 77.3 Å². The topological polar surface area (TPSA) is 79.4 Å². The first-order valence-electron chi connectivity index (χ1n) is 14.0. The van der Waals surface area contributed by atoms with Crippen LogP contribution in [0.5, 0.6) is 0 Å². The zero-order valence-electron chi connectivity index (χ0n) is 23.9. The molecule has 3 atom stereocenters. The molecular weight excluding hydrogens is 665 g/mol. The maximum Gasteiger partial charge on any atom is 0.263 e. The molecule has 5 heterocycles. The predicted octanol–water partition coefficient (Wildman–Crippen LogP) is 7.08. The number of rotatable bonds is 3. The highest BCUT2D eigenvalue weighted by Crippen LogP contribution is 2.41. The zero-order chi connectivity index (χ0) is 29.1. The quantitative estimate of drug-likeness (QED) is 0.175. The number of nitrogens with one attached hydrogen (secondary N) is 2. The molecule has 10 heteroatoms. The second-order valence-electron chi connectivity index (χ2n) is 10.3. The Balaban J connectivity index is 0.00000165. The Morgan fingerprint density at radius 3 is 2.66 bits per heavy atom. The third kappa shape index (κ3) is 6.65. The van der Waals surface area contributed by atoms with Gasteiger partial charge < -0.3 is 15.4 Å². The summed E-state index contributed by atoms with van der Waals surface area (Å²) in [5.41, 5.74) is 5.39. The average Bonchev–Trinajstić information content (AvgIpc) is 3.28. The van der Waals surface area contributed by atoms with Crippen molar-refractivity contribution in [2.75, 3.05) is 25.0 Å². The minimum atomic E-state index is -0.0203. The van der Waals surface area contributed by atoms with Gasteiger partial charge in [-0.2, -0.15) is 0 Å². The fourth-order valence-electron chi connectivity index (χ4n) is 5.48. The highest BCUT2D eigenvalue weighted by molar-refractivity contribution is 14.2. The monoisotopic (exact) mass is 699 g/mol. The number of amides is 1. The number of fused-ring (bicyclic) bond motifs is 5. The molecule has 2 N–H and O–H groups in total. The van der Waals surface area contributed by atoms with E-state index in [-0.39, 0.29) is 24.2 Å². The SMILES string of the molecule is CC.CC1CN(Cc2cc(-c3ccc4c(ccc5sc6c(c54)NC[C@@H](C)NC6=O)n3)cc(C#CSI)n2)CC(C)O1. The molecule has 0 saturated carbocycles. The number of halogens is 1. The Morgan fingerprint density at radius 1 is 1.12 bits per heavy atom. The van der Waals surface area contributed by atoms with Gasteiger partial charge in [0.1, 0.15) is 10.6 Å². The molecule has 1 fully saturated rings. The van der Waals surface area contributed by atoms with Crippen LogP contribution in [0.25, 0.3) is 32.2 Å². The lowest BCUT2D eigenvalue weighted by Gasteiger charge is -2.35. The first-order chi connectivity index (χ1) is 19.9. The zero-order valence-corrected chi connectivity index (χ0v) is 27.7. The number of anilines is 1. The van der Waals surface area contributed by atoms with Crippen molar-refractivity contribution >= 4 is 74.1 Å². The third-order valence-corrected chi connectivity index (χ3v) is 8.96. The molecule has 6 rings (SSSR count). The van der Waals surface area contributed by atoms with Crippen molar-refractivity contribution in [2.24, 2.45) is 0 Å². The Morgan fingerprint density at radius 2 is 1.90 bits per heavy atom. The van der Waals surface area contributed by atoms with Crippen LogP contribution in [0.1, 0.15) is 55.7 Å². The standard InChI is InChI=1S/C29H28IN5O2S2.C2H6/c1-16-12-31-27-26-22-4-5-23(34-24(22)6-7-25(26)39-28(27)29(36)32-16)19-10-20(8-9-38-30)33-21(11-19)15-35-13-17(2)37-18(3)14-35;1-2/h4-7,10-11,16-18,31H,12-15H2,1-3H3,(H,32,36);1-2H3/t16-,17?,18?;/m1./s1. The summed E-state index contributed by atoms with van der Waals surface area (Å²) in [6.45, 7) is 13.4. The van der Waals surface area contributed by atoms with Gasteiger partial charge in [-0.15, -0.1) is 11.3 Å². The highest BCUT2D eigenvalue weighted by Gasteiger charge is 2.25. The van der Waals surface area contributed by atoms with Crippen molar-refractivity contribution in [1.29, 1.82) is 0 Å². The average molecular weight is 700 g/mol. The van der Waals surface area contributed by atoms with E-state index in [1.54, 1.807) is 0 Å². The normalized spacial score (nSPS) is 20.6. The largest absolute Gasteiger partial charge is 0.381 e. The molecule has 0 radical (unpaired) electrons. The maximum atomic E-state index is 12.8. The van der Waals surface area contributed by atoms with Gasteiger partial charge in [0.15, 0.2) is 0 Å². The lowest BCUT2D eigenvalue weighted by Crippen LogP contribution is -2.44. The first-order valence-corrected chi connectivity index (χ1v) is 18.1. The number of thiophene rings is 1. The lowest BCUT2D eigenvalue weighted by molar-refractivity contribution is -0.0707.